The van der Waals surface area contributed by atoms with Crippen LogP contribution in [-0.2, 0) is 25.5 Å². The normalized spacial score (nSPS) is 35.6. The Morgan fingerprint density at radius 2 is 1.66 bits per heavy atom. The summed E-state index contributed by atoms with van der Waals surface area (Å²) in [7, 11) is 0. The molecule has 1 aromatic carbocycles. The number of allylic oxidation sites excluding steroid dienone is 1. The van der Waals surface area contributed by atoms with Gasteiger partial charge in [-0.25, -0.2) is 0 Å². The quantitative estimate of drug-likeness (QED) is 0.0947. The molecule has 0 aliphatic heterocycles. The third-order valence-electron chi connectivity index (χ3n) is 15.6. The van der Waals surface area contributed by atoms with Gasteiger partial charge in [0.05, 0.1) is 17.9 Å². The summed E-state index contributed by atoms with van der Waals surface area (Å²) in [5.74, 6) is 0.656. The van der Waals surface area contributed by atoms with E-state index in [2.05, 4.69) is 59.0 Å². The highest BCUT2D eigenvalue weighted by atomic mass is 32.2. The van der Waals surface area contributed by atoms with Crippen LogP contribution in [0.2, 0.25) is 0 Å². The monoisotopic (exact) mass is 750 g/mol. The van der Waals surface area contributed by atoms with Crippen molar-refractivity contribution in [1.29, 1.82) is 0 Å². The number of carboxylic acid groups (broad SMARTS) is 1. The molecule has 0 amide bonds. The molecule has 0 bridgehead atoms. The van der Waals surface area contributed by atoms with Gasteiger partial charge < -0.3 is 20.3 Å². The number of aliphatic hydroxyl groups is 1. The van der Waals surface area contributed by atoms with Crippen LogP contribution in [0.1, 0.15) is 125 Å². The molecule has 53 heavy (non-hydrogen) atoms. The number of nitrogens with one attached hydrogen (secondary N) is 1. The van der Waals surface area contributed by atoms with Gasteiger partial charge in [-0.2, -0.15) is 0 Å². The predicted octanol–water partition coefficient (Wildman–Crippen LogP) is 8.15. The molecule has 9 atom stereocenters. The molecule has 0 aromatic heterocycles. The number of aliphatic carboxylic acids is 1. The number of esters is 1. The molecule has 9 heteroatoms. The van der Waals surface area contributed by atoms with E-state index in [1.54, 1.807) is 13.8 Å². The van der Waals surface area contributed by atoms with Crippen molar-refractivity contribution in [2.24, 2.45) is 61.8 Å². The third kappa shape index (κ3) is 6.97. The lowest BCUT2D eigenvalue weighted by atomic mass is 9.36. The average molecular weight is 751 g/mol. The fraction of sp³-hybridized carbons (Fsp3) is 0.750. The van der Waals surface area contributed by atoms with Crippen LogP contribution in [-0.4, -0.2) is 53.2 Å². The summed E-state index contributed by atoms with van der Waals surface area (Å²) in [6.45, 7) is 18.3. The number of Topliss-reactive ketones (excluding diaryl/α,β-unsaturated/α-hetero) is 1. The topological polar surface area (TPSA) is 139 Å². The molecule has 5 N–H and O–H groups in total. The molecule has 294 valence electrons. The number of ether oxygens (including phenoxy) is 1. The second-order valence-corrected chi connectivity index (χ2v) is 20.4. The van der Waals surface area contributed by atoms with Gasteiger partial charge in [0.2, 0.25) is 0 Å². The van der Waals surface area contributed by atoms with E-state index in [9.17, 15) is 24.6 Å². The van der Waals surface area contributed by atoms with E-state index in [0.29, 0.717) is 36.6 Å². The first kappa shape index (κ1) is 40.5. The lowest BCUT2D eigenvalue weighted by molar-refractivity contribution is -0.214. The van der Waals surface area contributed by atoms with Gasteiger partial charge in [-0.3, -0.25) is 19.5 Å². The minimum absolute atomic E-state index is 0.0902. The number of hydrogen-bond acceptors (Lipinski definition) is 8. The number of nitrogens with two attached hydrogens (primary N) is 1. The second-order valence-electron chi connectivity index (χ2n) is 19.7. The lowest BCUT2D eigenvalue weighted by Crippen LogP contribution is -2.63. The molecular formula is C44H66N2O6S. The average Bonchev–Trinajstić information content (AvgIpc) is 3.41. The Bertz CT molecular complexity index is 1600. The van der Waals surface area contributed by atoms with Crippen molar-refractivity contribution in [3.05, 3.63) is 41.0 Å². The zero-order valence-electron chi connectivity index (χ0n) is 33.6. The summed E-state index contributed by atoms with van der Waals surface area (Å²) in [4.78, 5) is 39.8. The molecule has 5 aliphatic rings. The fourth-order valence-corrected chi connectivity index (χ4v) is 13.3. The largest absolute Gasteiger partial charge is 0.481 e. The van der Waals surface area contributed by atoms with Gasteiger partial charge in [-0.1, -0.05) is 59.2 Å². The summed E-state index contributed by atoms with van der Waals surface area (Å²) < 4.78 is 6.15. The molecular weight excluding hydrogens is 685 g/mol. The van der Waals surface area contributed by atoms with Crippen LogP contribution in [0.25, 0.3) is 0 Å². The first-order valence-corrected chi connectivity index (χ1v) is 21.2. The molecule has 0 radical (unpaired) electrons. The van der Waals surface area contributed by atoms with Crippen molar-refractivity contribution in [3.8, 4) is 0 Å². The van der Waals surface area contributed by atoms with Gasteiger partial charge in [0.25, 0.3) is 0 Å². The third-order valence-corrected chi connectivity index (χ3v) is 16.2. The van der Waals surface area contributed by atoms with Crippen LogP contribution in [0, 0.1) is 56.7 Å². The Morgan fingerprint density at radius 1 is 0.981 bits per heavy atom. The van der Waals surface area contributed by atoms with Crippen molar-refractivity contribution < 1.29 is 29.3 Å². The molecule has 4 fully saturated rings. The van der Waals surface area contributed by atoms with Crippen molar-refractivity contribution in [2.45, 2.75) is 143 Å². The number of aliphatic hydroxyl groups excluding tert-OH is 1. The number of carboxylic acids is 1. The molecule has 0 spiro atoms. The van der Waals surface area contributed by atoms with Gasteiger partial charge in [0.15, 0.2) is 5.78 Å². The zero-order valence-corrected chi connectivity index (χ0v) is 34.4. The maximum Gasteiger partial charge on any atom is 0.309 e. The van der Waals surface area contributed by atoms with Crippen LogP contribution in [0.15, 0.2) is 40.3 Å². The number of ketones is 1. The van der Waals surface area contributed by atoms with E-state index in [1.165, 1.54) is 23.1 Å². The Labute approximate surface area is 322 Å². The molecule has 1 aromatic rings. The van der Waals surface area contributed by atoms with E-state index in [0.717, 1.165) is 74.8 Å². The van der Waals surface area contributed by atoms with Gasteiger partial charge in [0, 0.05) is 28.7 Å². The van der Waals surface area contributed by atoms with Crippen LogP contribution >= 0.6 is 11.9 Å². The van der Waals surface area contributed by atoms with Gasteiger partial charge in [0.1, 0.15) is 6.10 Å². The van der Waals surface area contributed by atoms with E-state index in [-0.39, 0.29) is 40.5 Å². The number of rotatable bonds is 12. The maximum atomic E-state index is 14.0. The Morgan fingerprint density at radius 3 is 2.30 bits per heavy atom. The smallest absolute Gasteiger partial charge is 0.309 e. The Kier molecular flexibility index (Phi) is 11.2. The van der Waals surface area contributed by atoms with Crippen LogP contribution in [0.5, 0.6) is 0 Å². The van der Waals surface area contributed by atoms with Crippen molar-refractivity contribution in [2.75, 3.05) is 13.1 Å². The first-order chi connectivity index (χ1) is 24.8. The molecule has 5 aliphatic carbocycles. The lowest BCUT2D eigenvalue weighted by Gasteiger charge is -2.69. The number of carbonyl (C=O) groups is 3. The van der Waals surface area contributed by atoms with E-state index in [1.807, 2.05) is 12.1 Å². The summed E-state index contributed by atoms with van der Waals surface area (Å²) in [5, 5.41) is 30.9. The number of hydrogen-bond donors (Lipinski definition) is 4. The van der Waals surface area contributed by atoms with Gasteiger partial charge in [-0.05, 0) is 154 Å². The number of fused-ring (bicyclic) bond motifs is 7. The standard InChI is InChI=1S/C44H66N2O6S/c1-26(2)37-31(47)23-44(34(48)25-46-22-18-27-9-11-28(53-45)12-10-27)21-15-30-29(38(37)44)13-14-33-42(30,7)19-16-32-41(5,6)35(17-20-43(32,33)8)52-36(49)24-40(3,4)39(50)51/h9-12,26,29-30,32-35,46,48H,13-25,45H2,1-8H3,(H,50,51). The van der Waals surface area contributed by atoms with Crippen LogP contribution in [0.3, 0.4) is 0 Å². The van der Waals surface area contributed by atoms with Crippen molar-refractivity contribution in [1.82, 2.24) is 5.32 Å². The summed E-state index contributed by atoms with van der Waals surface area (Å²) >= 11 is 1.25. The first-order valence-electron chi connectivity index (χ1n) is 20.4. The molecule has 9 unspecified atom stereocenters. The molecule has 0 saturated heterocycles. The van der Waals surface area contributed by atoms with Gasteiger partial charge >= 0.3 is 11.9 Å². The Hall–Kier alpha value is -2.20. The summed E-state index contributed by atoms with van der Waals surface area (Å²) in [6.07, 6.45) is 8.30. The van der Waals surface area contributed by atoms with Gasteiger partial charge in [-0.15, -0.1) is 0 Å². The van der Waals surface area contributed by atoms with Crippen LogP contribution in [0.4, 0.5) is 0 Å². The zero-order chi connectivity index (χ0) is 38.7. The Balaban J connectivity index is 1.19. The van der Waals surface area contributed by atoms with E-state index < -0.39 is 28.9 Å². The molecule has 6 rings (SSSR count). The minimum atomic E-state index is -1.16. The van der Waals surface area contributed by atoms with Crippen LogP contribution < -0.4 is 10.5 Å². The molecule has 0 heterocycles. The second kappa shape index (κ2) is 14.7. The number of carbonyl (C=O) groups excluding carboxylic acids is 2. The summed E-state index contributed by atoms with van der Waals surface area (Å²) in [6, 6.07) is 8.30. The fourth-order valence-electron chi connectivity index (χ4n) is 13.0. The minimum Gasteiger partial charge on any atom is -0.481 e. The molecule has 8 nitrogen and oxygen atoms in total. The highest BCUT2D eigenvalue weighted by Gasteiger charge is 2.67. The number of benzene rings is 1. The van der Waals surface area contributed by atoms with Crippen molar-refractivity contribution in [3.63, 3.8) is 0 Å². The predicted molar refractivity (Wildman–Crippen MR) is 210 cm³/mol. The molecule has 4 saturated carbocycles. The highest BCUT2D eigenvalue weighted by molar-refractivity contribution is 7.97. The van der Waals surface area contributed by atoms with Crippen molar-refractivity contribution >= 4 is 29.7 Å². The van der Waals surface area contributed by atoms with E-state index in [4.69, 9.17) is 9.88 Å². The maximum absolute atomic E-state index is 14.0. The van der Waals surface area contributed by atoms with E-state index >= 15 is 0 Å². The summed E-state index contributed by atoms with van der Waals surface area (Å²) in [5.41, 5.74) is 1.87. The highest BCUT2D eigenvalue weighted by Crippen LogP contribution is 2.73. The SMILES string of the molecule is CC(C)C1=C2C3CCC4C(C)(CCC5C(C)(C)C(OC(=O)CC(C)(C)C(=O)O)CCC54C)C3CCC2(C(O)CNCCc2ccc(SN)cc2)CC1=O.